The highest BCUT2D eigenvalue weighted by atomic mass is 15.3. The number of hydrogen-bond acceptors (Lipinski definition) is 2. The van der Waals surface area contributed by atoms with E-state index < -0.39 is 0 Å². The molecule has 0 unspecified atom stereocenters. The summed E-state index contributed by atoms with van der Waals surface area (Å²) in [6.07, 6.45) is 2.63. The molecule has 1 aromatic carbocycles. The van der Waals surface area contributed by atoms with Crippen LogP contribution in [0.3, 0.4) is 0 Å². The van der Waals surface area contributed by atoms with Crippen LogP contribution >= 0.6 is 0 Å². The molecule has 1 N–H and O–H groups in total. The van der Waals surface area contributed by atoms with Crippen LogP contribution in [0.25, 0.3) is 5.69 Å². The fourth-order valence-corrected chi connectivity index (χ4v) is 3.77. The molecule has 2 aromatic rings. The van der Waals surface area contributed by atoms with E-state index in [0.29, 0.717) is 11.3 Å². The lowest BCUT2D eigenvalue weighted by atomic mass is 9.58. The number of benzene rings is 1. The van der Waals surface area contributed by atoms with Crippen molar-refractivity contribution in [1.29, 1.82) is 0 Å². The molecule has 1 aliphatic carbocycles. The fraction of sp³-hybridized carbons (Fsp3) is 0.471. The average molecular weight is 267 g/mol. The summed E-state index contributed by atoms with van der Waals surface area (Å²) in [5.74, 6) is 0.679. The van der Waals surface area contributed by atoms with Gasteiger partial charge in [0.25, 0.3) is 0 Å². The van der Waals surface area contributed by atoms with Gasteiger partial charge in [0.1, 0.15) is 0 Å². The van der Waals surface area contributed by atoms with Crippen molar-refractivity contribution in [3.05, 3.63) is 47.3 Å². The molecule has 1 aromatic heterocycles. The molecule has 2 aliphatic rings. The maximum atomic E-state index is 4.74. The van der Waals surface area contributed by atoms with Gasteiger partial charge in [-0.25, -0.2) is 4.68 Å². The Kier molecular flexibility index (Phi) is 2.55. The lowest BCUT2D eigenvalue weighted by Crippen LogP contribution is -2.59. The second kappa shape index (κ2) is 4.19. The first-order chi connectivity index (χ1) is 9.67. The summed E-state index contributed by atoms with van der Waals surface area (Å²) in [7, 11) is 0. The second-order valence-corrected chi connectivity index (χ2v) is 6.62. The van der Waals surface area contributed by atoms with Crippen molar-refractivity contribution >= 4 is 0 Å². The Bertz CT molecular complexity index is 644. The molecule has 1 saturated carbocycles. The predicted octanol–water partition coefficient (Wildman–Crippen LogP) is 2.96. The lowest BCUT2D eigenvalue weighted by Gasteiger charge is -2.54. The summed E-state index contributed by atoms with van der Waals surface area (Å²) in [6, 6.07) is 10.8. The molecule has 3 heteroatoms. The number of para-hydroxylation sites is 1. The summed E-state index contributed by atoms with van der Waals surface area (Å²) < 4.78 is 2.17. The van der Waals surface area contributed by atoms with Gasteiger partial charge >= 0.3 is 0 Å². The highest BCUT2D eigenvalue weighted by Crippen LogP contribution is 2.53. The van der Waals surface area contributed by atoms with E-state index >= 15 is 0 Å². The first-order valence-corrected chi connectivity index (χ1v) is 7.50. The summed E-state index contributed by atoms with van der Waals surface area (Å²) in [4.78, 5) is 0. The number of nitrogens with one attached hydrogen (secondary N) is 1. The number of aromatic nitrogens is 2. The van der Waals surface area contributed by atoms with Crippen LogP contribution < -0.4 is 5.32 Å². The zero-order valence-electron chi connectivity index (χ0n) is 12.2. The molecular weight excluding hydrogens is 246 g/mol. The van der Waals surface area contributed by atoms with E-state index in [1.807, 2.05) is 0 Å². The van der Waals surface area contributed by atoms with Gasteiger partial charge in [-0.05, 0) is 49.8 Å². The van der Waals surface area contributed by atoms with Crippen LogP contribution in [-0.4, -0.2) is 22.9 Å². The third-order valence-electron chi connectivity index (χ3n) is 4.98. The minimum atomic E-state index is 0.611. The van der Waals surface area contributed by atoms with Crippen molar-refractivity contribution in [2.45, 2.75) is 32.6 Å². The molecule has 3 nitrogen and oxygen atoms in total. The summed E-state index contributed by atoms with van der Waals surface area (Å²) >= 11 is 0. The van der Waals surface area contributed by atoms with Crippen molar-refractivity contribution in [1.82, 2.24) is 15.1 Å². The van der Waals surface area contributed by atoms with Crippen molar-refractivity contribution in [2.75, 3.05) is 13.1 Å². The topological polar surface area (TPSA) is 29.9 Å². The number of aryl methyl sites for hydroxylation is 2. The molecule has 1 aliphatic heterocycles. The molecular formula is C17H21N3. The van der Waals surface area contributed by atoms with Crippen molar-refractivity contribution in [3.8, 4) is 5.69 Å². The quantitative estimate of drug-likeness (QED) is 0.906. The Hall–Kier alpha value is -1.61. The summed E-state index contributed by atoms with van der Waals surface area (Å²) in [5.41, 5.74) is 5.64. The summed E-state index contributed by atoms with van der Waals surface area (Å²) in [6.45, 7) is 6.67. The molecule has 0 radical (unpaired) electrons. The van der Waals surface area contributed by atoms with E-state index in [1.165, 1.54) is 42.9 Å². The van der Waals surface area contributed by atoms with Gasteiger partial charge in [-0.3, -0.25) is 0 Å². The molecule has 2 heterocycles. The molecule has 104 valence electrons. The van der Waals surface area contributed by atoms with E-state index in [-0.39, 0.29) is 0 Å². The Morgan fingerprint density at radius 1 is 1.20 bits per heavy atom. The second-order valence-electron chi connectivity index (χ2n) is 6.62. The molecule has 2 fully saturated rings. The molecule has 0 amide bonds. The number of hydrogen-bond donors (Lipinski definition) is 1. The SMILES string of the molecule is Cc1cc(C2CC3(CNC3)C2)n(-c2ccccc2C)n1. The van der Waals surface area contributed by atoms with Crippen LogP contribution in [0.1, 0.15) is 35.7 Å². The lowest BCUT2D eigenvalue weighted by molar-refractivity contribution is 0.0339. The predicted molar refractivity (Wildman–Crippen MR) is 80.3 cm³/mol. The standard InChI is InChI=1S/C17H21N3/c1-12-5-3-4-6-15(12)20-16(7-13(2)19-20)14-8-17(9-14)10-18-11-17/h3-7,14,18H,8-11H2,1-2H3. The van der Waals surface area contributed by atoms with Crippen LogP contribution in [0, 0.1) is 19.3 Å². The van der Waals surface area contributed by atoms with E-state index in [2.05, 4.69) is 54.2 Å². The van der Waals surface area contributed by atoms with E-state index in [4.69, 9.17) is 5.10 Å². The Morgan fingerprint density at radius 2 is 1.95 bits per heavy atom. The van der Waals surface area contributed by atoms with Gasteiger partial charge in [0.05, 0.1) is 11.4 Å². The van der Waals surface area contributed by atoms with Gasteiger partial charge in [0.2, 0.25) is 0 Å². The van der Waals surface area contributed by atoms with Gasteiger partial charge in [-0.1, -0.05) is 18.2 Å². The number of nitrogens with zero attached hydrogens (tertiary/aromatic N) is 2. The first kappa shape index (κ1) is 12.2. The van der Waals surface area contributed by atoms with Crippen LogP contribution in [0.2, 0.25) is 0 Å². The Labute approximate surface area is 120 Å². The van der Waals surface area contributed by atoms with Gasteiger partial charge in [0.15, 0.2) is 0 Å². The molecule has 1 saturated heterocycles. The van der Waals surface area contributed by atoms with Crippen molar-refractivity contribution in [3.63, 3.8) is 0 Å². The van der Waals surface area contributed by atoms with Crippen molar-refractivity contribution < 1.29 is 0 Å². The molecule has 4 rings (SSSR count). The largest absolute Gasteiger partial charge is 0.316 e. The third kappa shape index (κ3) is 1.73. The van der Waals surface area contributed by atoms with Crippen molar-refractivity contribution in [2.24, 2.45) is 5.41 Å². The molecule has 20 heavy (non-hydrogen) atoms. The van der Waals surface area contributed by atoms with Gasteiger partial charge in [-0.2, -0.15) is 5.10 Å². The van der Waals surface area contributed by atoms with Gasteiger partial charge in [0, 0.05) is 24.7 Å². The minimum absolute atomic E-state index is 0.611. The Balaban J connectivity index is 1.69. The maximum Gasteiger partial charge on any atom is 0.0678 e. The van der Waals surface area contributed by atoms with Crippen LogP contribution in [0.4, 0.5) is 0 Å². The Morgan fingerprint density at radius 3 is 2.60 bits per heavy atom. The molecule has 0 atom stereocenters. The summed E-state index contributed by atoms with van der Waals surface area (Å²) in [5, 5.41) is 8.15. The van der Waals surface area contributed by atoms with Crippen LogP contribution in [0.15, 0.2) is 30.3 Å². The zero-order chi connectivity index (χ0) is 13.7. The normalized spacial score (nSPS) is 20.7. The third-order valence-corrected chi connectivity index (χ3v) is 4.98. The first-order valence-electron chi connectivity index (χ1n) is 7.50. The van der Waals surface area contributed by atoms with Gasteiger partial charge in [-0.15, -0.1) is 0 Å². The van der Waals surface area contributed by atoms with Crippen LogP contribution in [0.5, 0.6) is 0 Å². The highest BCUT2D eigenvalue weighted by Gasteiger charge is 2.49. The molecule has 1 spiro atoms. The maximum absolute atomic E-state index is 4.74. The minimum Gasteiger partial charge on any atom is -0.316 e. The van der Waals surface area contributed by atoms with Crippen LogP contribution in [-0.2, 0) is 0 Å². The molecule has 0 bridgehead atoms. The highest BCUT2D eigenvalue weighted by molar-refractivity contribution is 5.42. The fourth-order valence-electron chi connectivity index (χ4n) is 3.77. The average Bonchev–Trinajstić information content (AvgIpc) is 2.68. The van der Waals surface area contributed by atoms with E-state index in [9.17, 15) is 0 Å². The zero-order valence-corrected chi connectivity index (χ0v) is 12.2. The smallest absolute Gasteiger partial charge is 0.0678 e. The van der Waals surface area contributed by atoms with Gasteiger partial charge < -0.3 is 5.32 Å². The van der Waals surface area contributed by atoms with E-state index in [0.717, 1.165) is 5.69 Å². The number of rotatable bonds is 2. The van der Waals surface area contributed by atoms with E-state index in [1.54, 1.807) is 0 Å². The monoisotopic (exact) mass is 267 g/mol.